The largest absolute Gasteiger partial charge is 0.361 e. The van der Waals surface area contributed by atoms with Crippen LogP contribution in [0.3, 0.4) is 0 Å². The number of hydrogen-bond acceptors (Lipinski definition) is 3. The molecule has 2 aromatic heterocycles. The van der Waals surface area contributed by atoms with Gasteiger partial charge >= 0.3 is 0 Å². The van der Waals surface area contributed by atoms with Crippen LogP contribution in [-0.4, -0.2) is 37.5 Å². The molecule has 1 atom stereocenters. The lowest BCUT2D eigenvalue weighted by Crippen LogP contribution is -2.41. The Labute approximate surface area is 186 Å². The lowest BCUT2D eigenvalue weighted by molar-refractivity contribution is -0.133. The summed E-state index contributed by atoms with van der Waals surface area (Å²) in [5.41, 5.74) is 4.38. The Morgan fingerprint density at radius 1 is 1.16 bits per heavy atom. The molecule has 0 spiro atoms. The van der Waals surface area contributed by atoms with Gasteiger partial charge in [0.1, 0.15) is 6.04 Å². The number of aryl methyl sites for hydroxylation is 1. The molecule has 7 heteroatoms. The number of carbonyl (C=O) groups is 2. The number of para-hydroxylation sites is 1. The zero-order valence-corrected chi connectivity index (χ0v) is 17.9. The van der Waals surface area contributed by atoms with Crippen LogP contribution in [0.1, 0.15) is 29.5 Å². The molecule has 7 nitrogen and oxygen atoms in total. The minimum Gasteiger partial charge on any atom is -0.361 e. The first-order chi connectivity index (χ1) is 15.6. The Morgan fingerprint density at radius 3 is 2.91 bits per heavy atom. The van der Waals surface area contributed by atoms with Gasteiger partial charge in [0, 0.05) is 42.3 Å². The number of rotatable bonds is 6. The Bertz CT molecular complexity index is 1290. The molecule has 32 heavy (non-hydrogen) atoms. The normalized spacial score (nSPS) is 16.1. The summed E-state index contributed by atoms with van der Waals surface area (Å²) >= 11 is 0. The summed E-state index contributed by atoms with van der Waals surface area (Å²) in [5.74, 6) is 0.297. The molecular weight excluding hydrogens is 402 g/mol. The third-order valence-corrected chi connectivity index (χ3v) is 5.97. The van der Waals surface area contributed by atoms with Crippen molar-refractivity contribution in [2.24, 2.45) is 0 Å². The number of aromatic amines is 1. The molecule has 1 aliphatic rings. The third-order valence-electron chi connectivity index (χ3n) is 5.97. The second kappa shape index (κ2) is 8.34. The Balaban J connectivity index is 1.27. The fourth-order valence-corrected chi connectivity index (χ4v) is 4.37. The zero-order valence-electron chi connectivity index (χ0n) is 17.9. The highest BCUT2D eigenvalue weighted by atomic mass is 16.2. The quantitative estimate of drug-likeness (QED) is 0.490. The maximum Gasteiger partial charge on any atom is 0.248 e. The molecule has 2 aromatic carbocycles. The van der Waals surface area contributed by atoms with Gasteiger partial charge in [-0.15, -0.1) is 0 Å². The van der Waals surface area contributed by atoms with Crippen LogP contribution in [-0.2, 0) is 22.7 Å². The van der Waals surface area contributed by atoms with Crippen molar-refractivity contribution in [1.29, 1.82) is 0 Å². The van der Waals surface area contributed by atoms with Crippen molar-refractivity contribution in [2.75, 3.05) is 5.32 Å². The van der Waals surface area contributed by atoms with Crippen LogP contribution < -0.4 is 5.32 Å². The molecule has 162 valence electrons. The van der Waals surface area contributed by atoms with Crippen molar-refractivity contribution in [3.8, 4) is 0 Å². The van der Waals surface area contributed by atoms with E-state index in [-0.39, 0.29) is 11.8 Å². The molecule has 2 amide bonds. The number of hydrogen-bond donors (Lipinski definition) is 2. The lowest BCUT2D eigenvalue weighted by atomic mass is 10.1. The smallest absolute Gasteiger partial charge is 0.248 e. The van der Waals surface area contributed by atoms with Crippen molar-refractivity contribution < 1.29 is 9.59 Å². The predicted molar refractivity (Wildman–Crippen MR) is 123 cm³/mol. The molecule has 0 bridgehead atoms. The topological polar surface area (TPSA) is 83.0 Å². The minimum absolute atomic E-state index is 0.000378. The van der Waals surface area contributed by atoms with Crippen molar-refractivity contribution in [2.45, 2.75) is 38.9 Å². The lowest BCUT2D eigenvalue weighted by Gasteiger charge is -2.23. The van der Waals surface area contributed by atoms with Gasteiger partial charge in [-0.3, -0.25) is 14.3 Å². The molecule has 1 saturated heterocycles. The van der Waals surface area contributed by atoms with E-state index < -0.39 is 6.04 Å². The predicted octanol–water partition coefficient (Wildman–Crippen LogP) is 3.85. The summed E-state index contributed by atoms with van der Waals surface area (Å²) in [4.78, 5) is 30.5. The summed E-state index contributed by atoms with van der Waals surface area (Å²) in [6.45, 7) is 3.10. The van der Waals surface area contributed by atoms with E-state index in [1.165, 1.54) is 5.56 Å². The third kappa shape index (κ3) is 4.01. The number of fused-ring (bicyclic) bond motifs is 1. The van der Waals surface area contributed by atoms with Gasteiger partial charge in [-0.1, -0.05) is 48.0 Å². The van der Waals surface area contributed by atoms with Crippen molar-refractivity contribution in [3.05, 3.63) is 83.7 Å². The van der Waals surface area contributed by atoms with Gasteiger partial charge in [-0.25, -0.2) is 0 Å². The minimum atomic E-state index is -0.502. The SMILES string of the molecule is Cc1cccc(Cn2ccc(NC(=O)C3CCC(=O)N3Cc3c[nH]c4ccccc34)n2)c1. The number of aromatic nitrogens is 3. The van der Waals surface area contributed by atoms with E-state index >= 15 is 0 Å². The fraction of sp³-hybridized carbons (Fsp3) is 0.240. The number of anilines is 1. The van der Waals surface area contributed by atoms with Crippen LogP contribution in [0.2, 0.25) is 0 Å². The number of likely N-dealkylation sites (tertiary alicyclic amines) is 1. The monoisotopic (exact) mass is 427 g/mol. The molecular formula is C25H25N5O2. The molecule has 3 heterocycles. The van der Waals surface area contributed by atoms with Crippen LogP contribution in [0, 0.1) is 6.92 Å². The molecule has 0 saturated carbocycles. The van der Waals surface area contributed by atoms with Crippen molar-refractivity contribution in [1.82, 2.24) is 19.7 Å². The van der Waals surface area contributed by atoms with Crippen LogP contribution >= 0.6 is 0 Å². The van der Waals surface area contributed by atoms with E-state index in [0.29, 0.717) is 31.7 Å². The van der Waals surface area contributed by atoms with E-state index in [2.05, 4.69) is 40.5 Å². The van der Waals surface area contributed by atoms with E-state index in [4.69, 9.17) is 0 Å². The summed E-state index contributed by atoms with van der Waals surface area (Å²) in [6.07, 6.45) is 4.65. The standard InChI is InChI=1S/C25H25N5O2/c1-17-5-4-6-18(13-17)15-29-12-11-23(28-29)27-25(32)22-9-10-24(31)30(22)16-19-14-26-21-8-3-2-7-20(19)21/h2-8,11-14,22,26H,9-10,15-16H2,1H3,(H,27,28,32). The average Bonchev–Trinajstić information content (AvgIpc) is 3.49. The van der Waals surface area contributed by atoms with Crippen LogP contribution in [0.15, 0.2) is 67.0 Å². The number of nitrogens with one attached hydrogen (secondary N) is 2. The van der Waals surface area contributed by atoms with Gasteiger partial charge in [0.15, 0.2) is 5.82 Å². The summed E-state index contributed by atoms with van der Waals surface area (Å²) in [6, 6.07) is 17.5. The summed E-state index contributed by atoms with van der Waals surface area (Å²) < 4.78 is 1.80. The van der Waals surface area contributed by atoms with Gasteiger partial charge in [0.05, 0.1) is 6.54 Å². The molecule has 0 aliphatic carbocycles. The molecule has 1 fully saturated rings. The fourth-order valence-electron chi connectivity index (χ4n) is 4.37. The Morgan fingerprint density at radius 2 is 2.03 bits per heavy atom. The van der Waals surface area contributed by atoms with Gasteiger partial charge in [0.2, 0.25) is 11.8 Å². The van der Waals surface area contributed by atoms with Gasteiger partial charge in [-0.2, -0.15) is 5.10 Å². The Hall–Kier alpha value is -3.87. The van der Waals surface area contributed by atoms with Gasteiger partial charge in [0.25, 0.3) is 0 Å². The van der Waals surface area contributed by atoms with Crippen molar-refractivity contribution >= 4 is 28.5 Å². The number of benzene rings is 2. The van der Waals surface area contributed by atoms with E-state index in [1.54, 1.807) is 15.6 Å². The molecule has 2 N–H and O–H groups in total. The number of nitrogens with zero attached hydrogens (tertiary/aromatic N) is 3. The Kier molecular flexibility index (Phi) is 5.23. The molecule has 5 rings (SSSR count). The van der Waals surface area contributed by atoms with Crippen LogP contribution in [0.25, 0.3) is 10.9 Å². The van der Waals surface area contributed by atoms with Crippen molar-refractivity contribution in [3.63, 3.8) is 0 Å². The molecule has 4 aromatic rings. The zero-order chi connectivity index (χ0) is 22.1. The first-order valence-electron chi connectivity index (χ1n) is 10.8. The molecule has 1 aliphatic heterocycles. The molecule has 1 unspecified atom stereocenters. The number of amides is 2. The highest BCUT2D eigenvalue weighted by Gasteiger charge is 2.36. The van der Waals surface area contributed by atoms with Gasteiger partial charge < -0.3 is 15.2 Å². The summed E-state index contributed by atoms with van der Waals surface area (Å²) in [7, 11) is 0. The first-order valence-corrected chi connectivity index (χ1v) is 10.8. The molecule has 0 radical (unpaired) electrons. The number of carbonyl (C=O) groups excluding carboxylic acids is 2. The highest BCUT2D eigenvalue weighted by Crippen LogP contribution is 2.26. The average molecular weight is 428 g/mol. The van der Waals surface area contributed by atoms with Crippen LogP contribution in [0.5, 0.6) is 0 Å². The van der Waals surface area contributed by atoms with E-state index in [0.717, 1.165) is 22.0 Å². The first kappa shape index (κ1) is 20.1. The number of H-pyrrole nitrogens is 1. The maximum atomic E-state index is 13.0. The maximum absolute atomic E-state index is 13.0. The van der Waals surface area contributed by atoms with E-state index in [1.807, 2.05) is 42.7 Å². The second-order valence-corrected chi connectivity index (χ2v) is 8.31. The summed E-state index contributed by atoms with van der Waals surface area (Å²) in [5, 5.41) is 8.45. The second-order valence-electron chi connectivity index (χ2n) is 8.31. The van der Waals surface area contributed by atoms with E-state index in [9.17, 15) is 9.59 Å². The van der Waals surface area contributed by atoms with Crippen LogP contribution in [0.4, 0.5) is 5.82 Å². The highest BCUT2D eigenvalue weighted by molar-refractivity contribution is 5.98. The van der Waals surface area contributed by atoms with Gasteiger partial charge in [-0.05, 0) is 30.5 Å².